The van der Waals surface area contributed by atoms with Crippen LogP contribution in [0, 0.1) is 13.8 Å². The quantitative estimate of drug-likeness (QED) is 0.878. The van der Waals surface area contributed by atoms with Gasteiger partial charge >= 0.3 is 5.97 Å². The van der Waals surface area contributed by atoms with Crippen LogP contribution in [-0.4, -0.2) is 26.0 Å². The normalized spacial score (nSPS) is 11.5. The number of nitrogens with one attached hydrogen (secondary N) is 1. The van der Waals surface area contributed by atoms with E-state index in [1.165, 1.54) is 6.07 Å². The van der Waals surface area contributed by atoms with E-state index >= 15 is 0 Å². The van der Waals surface area contributed by atoms with E-state index in [9.17, 15) is 13.2 Å². The molecule has 1 aromatic rings. The van der Waals surface area contributed by atoms with Crippen molar-refractivity contribution in [2.45, 2.75) is 18.7 Å². The lowest BCUT2D eigenvalue weighted by Crippen LogP contribution is -2.29. The summed E-state index contributed by atoms with van der Waals surface area (Å²) in [4.78, 5) is 10.4. The molecule has 94 valence electrons. The van der Waals surface area contributed by atoms with Crippen LogP contribution in [-0.2, 0) is 14.8 Å². The molecule has 0 fully saturated rings. The van der Waals surface area contributed by atoms with Gasteiger partial charge in [-0.25, -0.2) is 8.42 Å². The van der Waals surface area contributed by atoms with Crippen molar-refractivity contribution >= 4 is 31.9 Å². The van der Waals surface area contributed by atoms with Crippen LogP contribution in [0.25, 0.3) is 0 Å². The zero-order valence-electron chi connectivity index (χ0n) is 9.32. The number of carboxylic acids is 1. The highest BCUT2D eigenvalue weighted by molar-refractivity contribution is 9.10. The van der Waals surface area contributed by atoms with Crippen LogP contribution in [0.2, 0.25) is 0 Å². The molecule has 0 saturated heterocycles. The number of rotatable bonds is 4. The lowest BCUT2D eigenvalue weighted by atomic mass is 10.2. The van der Waals surface area contributed by atoms with Gasteiger partial charge in [-0.3, -0.25) is 4.79 Å². The first-order valence-electron chi connectivity index (χ1n) is 4.72. The van der Waals surface area contributed by atoms with Gasteiger partial charge in [0.15, 0.2) is 0 Å². The summed E-state index contributed by atoms with van der Waals surface area (Å²) in [7, 11) is -3.78. The number of halogens is 1. The summed E-state index contributed by atoms with van der Waals surface area (Å²) in [5, 5.41) is 8.46. The van der Waals surface area contributed by atoms with Crippen molar-refractivity contribution in [3.8, 4) is 0 Å². The summed E-state index contributed by atoms with van der Waals surface area (Å²) in [6, 6.07) is 3.19. The maximum atomic E-state index is 11.8. The number of hydrogen-bond acceptors (Lipinski definition) is 3. The lowest BCUT2D eigenvalue weighted by Gasteiger charge is -2.10. The van der Waals surface area contributed by atoms with E-state index in [1.54, 1.807) is 19.9 Å². The average Bonchev–Trinajstić information content (AvgIpc) is 2.20. The minimum absolute atomic E-state index is 0.0967. The molecule has 0 aliphatic carbocycles. The van der Waals surface area contributed by atoms with Gasteiger partial charge in [0.1, 0.15) is 6.54 Å². The number of carboxylic acid groups (broad SMARTS) is 1. The molecule has 0 atom stereocenters. The second-order valence-electron chi connectivity index (χ2n) is 3.59. The summed E-state index contributed by atoms with van der Waals surface area (Å²) < 4.78 is 26.5. The molecule has 1 rings (SSSR count). The van der Waals surface area contributed by atoms with E-state index in [4.69, 9.17) is 5.11 Å². The van der Waals surface area contributed by atoms with E-state index in [0.717, 1.165) is 10.0 Å². The van der Waals surface area contributed by atoms with Gasteiger partial charge in [-0.1, -0.05) is 15.9 Å². The Morgan fingerprint density at radius 3 is 2.47 bits per heavy atom. The fraction of sp³-hybridized carbons (Fsp3) is 0.300. The molecular formula is C10H12BrNO4S. The van der Waals surface area contributed by atoms with Crippen LogP contribution in [0.5, 0.6) is 0 Å². The molecule has 0 aliphatic heterocycles. The van der Waals surface area contributed by atoms with E-state index in [-0.39, 0.29) is 4.90 Å². The number of hydrogen-bond donors (Lipinski definition) is 2. The van der Waals surface area contributed by atoms with E-state index < -0.39 is 22.5 Å². The van der Waals surface area contributed by atoms with Crippen LogP contribution < -0.4 is 4.72 Å². The van der Waals surface area contributed by atoms with Crippen LogP contribution in [0.1, 0.15) is 11.1 Å². The van der Waals surface area contributed by atoms with Crippen LogP contribution in [0.3, 0.4) is 0 Å². The van der Waals surface area contributed by atoms with Gasteiger partial charge in [0.05, 0.1) is 4.90 Å². The summed E-state index contributed by atoms with van der Waals surface area (Å²) in [6.45, 7) is 2.79. The van der Waals surface area contributed by atoms with Crippen LogP contribution >= 0.6 is 15.9 Å². The number of benzene rings is 1. The Morgan fingerprint density at radius 2 is 1.94 bits per heavy atom. The average molecular weight is 322 g/mol. The number of carbonyl (C=O) groups is 1. The predicted octanol–water partition coefficient (Wildman–Crippen LogP) is 1.43. The topological polar surface area (TPSA) is 83.5 Å². The molecule has 0 aromatic heterocycles. The highest BCUT2D eigenvalue weighted by atomic mass is 79.9. The molecule has 0 spiro atoms. The largest absolute Gasteiger partial charge is 0.480 e. The van der Waals surface area contributed by atoms with Gasteiger partial charge < -0.3 is 5.11 Å². The van der Waals surface area contributed by atoms with Gasteiger partial charge in [-0.2, -0.15) is 4.72 Å². The number of aryl methyl sites for hydroxylation is 2. The fourth-order valence-corrected chi connectivity index (χ4v) is 3.02. The Kier molecular flexibility index (Phi) is 4.29. The second kappa shape index (κ2) is 5.16. The molecule has 0 aliphatic rings. The third-order valence-corrected chi connectivity index (χ3v) is 4.56. The molecule has 1 aromatic carbocycles. The summed E-state index contributed by atoms with van der Waals surface area (Å²) in [6.07, 6.45) is 0. The van der Waals surface area contributed by atoms with Crippen LogP contribution in [0.4, 0.5) is 0 Å². The monoisotopic (exact) mass is 321 g/mol. The Morgan fingerprint density at radius 1 is 1.35 bits per heavy atom. The van der Waals surface area contributed by atoms with Gasteiger partial charge in [0.2, 0.25) is 10.0 Å². The molecule has 0 heterocycles. The summed E-state index contributed by atoms with van der Waals surface area (Å²) in [5.74, 6) is -1.22. The zero-order valence-corrected chi connectivity index (χ0v) is 11.7. The Labute approximate surface area is 108 Å². The minimum Gasteiger partial charge on any atom is -0.480 e. The van der Waals surface area contributed by atoms with Gasteiger partial charge in [0.25, 0.3) is 0 Å². The van der Waals surface area contributed by atoms with Crippen molar-refractivity contribution in [3.05, 3.63) is 27.7 Å². The van der Waals surface area contributed by atoms with Crippen molar-refractivity contribution in [1.82, 2.24) is 4.72 Å². The first kappa shape index (κ1) is 14.1. The fourth-order valence-electron chi connectivity index (χ4n) is 1.28. The number of aliphatic carboxylic acids is 1. The first-order valence-corrected chi connectivity index (χ1v) is 7.00. The van der Waals surface area contributed by atoms with Gasteiger partial charge in [-0.15, -0.1) is 0 Å². The summed E-state index contributed by atoms with van der Waals surface area (Å²) >= 11 is 3.30. The Hall–Kier alpha value is -0.920. The second-order valence-corrected chi connectivity index (χ2v) is 6.17. The maximum Gasteiger partial charge on any atom is 0.318 e. The highest BCUT2D eigenvalue weighted by Crippen LogP contribution is 2.23. The lowest BCUT2D eigenvalue weighted by molar-refractivity contribution is -0.135. The maximum absolute atomic E-state index is 11.8. The van der Waals surface area contributed by atoms with Gasteiger partial charge in [0, 0.05) is 4.47 Å². The standard InChI is InChI=1S/C10H12BrNO4S/c1-6-4-9(7(2)3-8(6)11)17(15,16)12-5-10(13)14/h3-4,12H,5H2,1-2H3,(H,13,14). The molecule has 0 saturated carbocycles. The van der Waals surface area contributed by atoms with Crippen molar-refractivity contribution in [2.75, 3.05) is 6.54 Å². The minimum atomic E-state index is -3.78. The predicted molar refractivity (Wildman–Crippen MR) is 66.4 cm³/mol. The Bertz CT molecular complexity index is 554. The van der Waals surface area contributed by atoms with Crippen LogP contribution in [0.15, 0.2) is 21.5 Å². The Balaban J connectivity index is 3.15. The molecule has 17 heavy (non-hydrogen) atoms. The molecule has 0 amide bonds. The van der Waals surface area contributed by atoms with Gasteiger partial charge in [-0.05, 0) is 37.1 Å². The van der Waals surface area contributed by atoms with E-state index in [2.05, 4.69) is 15.9 Å². The molecular weight excluding hydrogens is 310 g/mol. The van der Waals surface area contributed by atoms with Crippen molar-refractivity contribution < 1.29 is 18.3 Å². The van der Waals surface area contributed by atoms with Crippen molar-refractivity contribution in [2.24, 2.45) is 0 Å². The molecule has 7 heteroatoms. The van der Waals surface area contributed by atoms with E-state index in [0.29, 0.717) is 5.56 Å². The van der Waals surface area contributed by atoms with Crippen molar-refractivity contribution in [1.29, 1.82) is 0 Å². The molecule has 0 radical (unpaired) electrons. The zero-order chi connectivity index (χ0) is 13.2. The highest BCUT2D eigenvalue weighted by Gasteiger charge is 2.18. The number of sulfonamides is 1. The third kappa shape index (κ3) is 3.52. The van der Waals surface area contributed by atoms with E-state index in [1.807, 2.05) is 4.72 Å². The molecule has 2 N–H and O–H groups in total. The first-order chi connectivity index (χ1) is 7.74. The third-order valence-electron chi connectivity index (χ3n) is 2.16. The molecule has 0 unspecified atom stereocenters. The SMILES string of the molecule is Cc1cc(S(=O)(=O)NCC(=O)O)c(C)cc1Br. The van der Waals surface area contributed by atoms with Crippen molar-refractivity contribution in [3.63, 3.8) is 0 Å². The smallest absolute Gasteiger partial charge is 0.318 e. The molecule has 5 nitrogen and oxygen atoms in total. The summed E-state index contributed by atoms with van der Waals surface area (Å²) in [5.41, 5.74) is 1.33. The molecule has 0 bridgehead atoms.